The van der Waals surface area contributed by atoms with Gasteiger partial charge in [-0.05, 0) is 31.7 Å². The zero-order valence-electron chi connectivity index (χ0n) is 14.1. The molecule has 6 nitrogen and oxygen atoms in total. The Kier molecular flexibility index (Phi) is 3.95. The van der Waals surface area contributed by atoms with Gasteiger partial charge in [0.2, 0.25) is 5.91 Å². The molecule has 134 valence electrons. The number of likely N-dealkylation sites (tertiary alicyclic amines) is 1. The van der Waals surface area contributed by atoms with Gasteiger partial charge >= 0.3 is 5.97 Å². The summed E-state index contributed by atoms with van der Waals surface area (Å²) in [5.41, 5.74) is -0.191. The molecule has 2 N–H and O–H groups in total. The van der Waals surface area contributed by atoms with Gasteiger partial charge < -0.3 is 19.8 Å². The lowest BCUT2D eigenvalue weighted by Crippen LogP contribution is -2.46. The summed E-state index contributed by atoms with van der Waals surface area (Å²) >= 11 is 0. The van der Waals surface area contributed by atoms with Gasteiger partial charge in [0.25, 0.3) is 0 Å². The molecular weight excluding hydrogens is 322 g/mol. The average molecular weight is 345 g/mol. The van der Waals surface area contributed by atoms with Crippen LogP contribution in [0.15, 0.2) is 24.3 Å². The minimum Gasteiger partial charge on any atom is -0.492 e. The highest BCUT2D eigenvalue weighted by molar-refractivity contribution is 5.84. The Morgan fingerprint density at radius 1 is 1.16 bits per heavy atom. The van der Waals surface area contributed by atoms with Gasteiger partial charge in [0.05, 0.1) is 6.10 Å². The summed E-state index contributed by atoms with van der Waals surface area (Å²) in [6.45, 7) is 0.709. The molecule has 1 aliphatic carbocycles. The van der Waals surface area contributed by atoms with E-state index >= 15 is 0 Å². The molecule has 2 fully saturated rings. The van der Waals surface area contributed by atoms with Crippen LogP contribution in [0.2, 0.25) is 0 Å². The fraction of sp³-hybridized carbons (Fsp3) is 0.579. The van der Waals surface area contributed by atoms with Crippen LogP contribution in [-0.2, 0) is 9.59 Å². The molecule has 2 aliphatic heterocycles. The first-order valence-corrected chi connectivity index (χ1v) is 8.93. The molecule has 1 saturated carbocycles. The molecule has 2 heterocycles. The van der Waals surface area contributed by atoms with Gasteiger partial charge in [0.15, 0.2) is 0 Å². The van der Waals surface area contributed by atoms with Crippen molar-refractivity contribution in [3.05, 3.63) is 29.8 Å². The number of ether oxygens (including phenoxy) is 1. The Hall–Kier alpha value is -2.08. The summed E-state index contributed by atoms with van der Waals surface area (Å²) in [6.07, 6.45) is 2.33. The topological polar surface area (TPSA) is 87.1 Å². The molecule has 2 atom stereocenters. The number of hydrogen-bond donors (Lipinski definition) is 2. The number of aliphatic hydroxyl groups is 1. The zero-order valence-corrected chi connectivity index (χ0v) is 14.1. The first-order chi connectivity index (χ1) is 12.0. The summed E-state index contributed by atoms with van der Waals surface area (Å²) in [7, 11) is 0. The lowest BCUT2D eigenvalue weighted by Gasteiger charge is -2.35. The lowest BCUT2D eigenvalue weighted by atomic mass is 9.73. The first kappa shape index (κ1) is 16.4. The lowest BCUT2D eigenvalue weighted by molar-refractivity contribution is -0.152. The number of aliphatic hydroxyl groups excluding tert-OH is 1. The third-order valence-electron chi connectivity index (χ3n) is 6.11. The predicted octanol–water partition coefficient (Wildman–Crippen LogP) is 1.63. The highest BCUT2D eigenvalue weighted by atomic mass is 16.5. The molecule has 0 aromatic heterocycles. The van der Waals surface area contributed by atoms with Crippen LogP contribution in [0.25, 0.3) is 0 Å². The van der Waals surface area contributed by atoms with Crippen LogP contribution in [0.4, 0.5) is 0 Å². The van der Waals surface area contributed by atoms with Crippen LogP contribution in [0.1, 0.15) is 37.2 Å². The van der Waals surface area contributed by atoms with Crippen molar-refractivity contribution in [2.45, 2.75) is 37.7 Å². The van der Waals surface area contributed by atoms with E-state index in [4.69, 9.17) is 4.74 Å². The largest absolute Gasteiger partial charge is 0.492 e. The van der Waals surface area contributed by atoms with Crippen LogP contribution in [0, 0.1) is 11.3 Å². The van der Waals surface area contributed by atoms with E-state index in [0.29, 0.717) is 32.2 Å². The maximum Gasteiger partial charge on any atom is 0.315 e. The van der Waals surface area contributed by atoms with Gasteiger partial charge in [-0.15, -0.1) is 0 Å². The highest BCUT2D eigenvalue weighted by Crippen LogP contribution is 2.50. The zero-order chi connectivity index (χ0) is 17.6. The van der Waals surface area contributed by atoms with Crippen LogP contribution in [0.3, 0.4) is 0 Å². The number of hydrogen-bond acceptors (Lipinski definition) is 4. The van der Waals surface area contributed by atoms with Gasteiger partial charge in [-0.2, -0.15) is 0 Å². The summed E-state index contributed by atoms with van der Waals surface area (Å²) in [5.74, 6) is -0.501. The summed E-state index contributed by atoms with van der Waals surface area (Å²) in [5, 5.41) is 19.6. The van der Waals surface area contributed by atoms with E-state index in [-0.39, 0.29) is 37.0 Å². The van der Waals surface area contributed by atoms with Crippen molar-refractivity contribution in [2.24, 2.45) is 11.3 Å². The van der Waals surface area contributed by atoms with Gasteiger partial charge in [-0.1, -0.05) is 18.2 Å². The summed E-state index contributed by atoms with van der Waals surface area (Å²) < 4.78 is 5.74. The number of rotatable bonds is 2. The number of fused-ring (bicyclic) bond motifs is 3. The van der Waals surface area contributed by atoms with Crippen molar-refractivity contribution >= 4 is 11.9 Å². The number of carboxylic acid groups (broad SMARTS) is 1. The smallest absolute Gasteiger partial charge is 0.315 e. The molecule has 0 unspecified atom stereocenters. The Morgan fingerprint density at radius 2 is 1.88 bits per heavy atom. The van der Waals surface area contributed by atoms with Crippen LogP contribution >= 0.6 is 0 Å². The van der Waals surface area contributed by atoms with Gasteiger partial charge in [0.1, 0.15) is 17.8 Å². The number of amides is 1. The first-order valence-electron chi connectivity index (χ1n) is 8.93. The number of carbonyl (C=O) groups is 2. The number of carboxylic acids is 1. The van der Waals surface area contributed by atoms with Gasteiger partial charge in [0, 0.05) is 30.5 Å². The fourth-order valence-electron chi connectivity index (χ4n) is 4.59. The Balaban J connectivity index is 1.60. The normalized spacial score (nSPS) is 34.0. The Morgan fingerprint density at radius 3 is 2.60 bits per heavy atom. The van der Waals surface area contributed by atoms with Crippen molar-refractivity contribution in [2.75, 3.05) is 19.7 Å². The van der Waals surface area contributed by atoms with Crippen molar-refractivity contribution in [3.8, 4) is 5.75 Å². The SMILES string of the molecule is O=C(C1CCC(O)CC1)N1C[C@@H]2c3ccccc3OC[C@]2(C(=O)O)C1. The standard InChI is InChI=1S/C19H23NO5/c21-13-7-5-12(6-8-13)17(22)20-9-15-14-3-1-2-4-16(14)25-11-19(15,10-20)18(23)24/h1-4,12-13,15,21H,5-11H2,(H,23,24)/t12?,13?,15-,19-/m1/s1. The molecular formula is C19H23NO5. The maximum atomic E-state index is 12.9. The molecule has 0 bridgehead atoms. The molecule has 6 heteroatoms. The van der Waals surface area contributed by atoms with Crippen molar-refractivity contribution in [3.63, 3.8) is 0 Å². The van der Waals surface area contributed by atoms with E-state index in [1.165, 1.54) is 0 Å². The third-order valence-corrected chi connectivity index (χ3v) is 6.11. The van der Waals surface area contributed by atoms with Crippen molar-refractivity contribution in [1.29, 1.82) is 0 Å². The van der Waals surface area contributed by atoms with Crippen molar-refractivity contribution < 1.29 is 24.5 Å². The Bertz CT molecular complexity index is 697. The predicted molar refractivity (Wildman–Crippen MR) is 89.3 cm³/mol. The molecule has 3 aliphatic rings. The molecule has 0 spiro atoms. The van der Waals surface area contributed by atoms with E-state index in [0.717, 1.165) is 11.3 Å². The number of nitrogens with zero attached hydrogens (tertiary/aromatic N) is 1. The van der Waals surface area contributed by atoms with Crippen molar-refractivity contribution in [1.82, 2.24) is 4.90 Å². The minimum absolute atomic E-state index is 0.0272. The second kappa shape index (κ2) is 6.02. The monoisotopic (exact) mass is 345 g/mol. The quantitative estimate of drug-likeness (QED) is 0.851. The average Bonchev–Trinajstić information content (AvgIpc) is 3.03. The van der Waals surface area contributed by atoms with Gasteiger partial charge in [-0.3, -0.25) is 9.59 Å². The minimum atomic E-state index is -1.07. The van der Waals surface area contributed by atoms with Crippen LogP contribution in [-0.4, -0.2) is 52.8 Å². The number of aliphatic carboxylic acids is 1. The van der Waals surface area contributed by atoms with E-state index in [1.54, 1.807) is 4.90 Å². The molecule has 1 aromatic rings. The third kappa shape index (κ3) is 2.59. The highest BCUT2D eigenvalue weighted by Gasteiger charge is 2.57. The van der Waals surface area contributed by atoms with Gasteiger partial charge in [-0.25, -0.2) is 0 Å². The molecule has 1 saturated heterocycles. The molecule has 1 aromatic carbocycles. The second-order valence-electron chi connectivity index (χ2n) is 7.56. The van der Waals surface area contributed by atoms with E-state index in [1.807, 2.05) is 24.3 Å². The number of carbonyl (C=O) groups excluding carboxylic acids is 1. The van der Waals surface area contributed by atoms with Crippen LogP contribution < -0.4 is 4.74 Å². The maximum absolute atomic E-state index is 12.9. The summed E-state index contributed by atoms with van der Waals surface area (Å²) in [4.78, 5) is 26.8. The van der Waals surface area contributed by atoms with E-state index in [9.17, 15) is 19.8 Å². The van der Waals surface area contributed by atoms with E-state index in [2.05, 4.69) is 0 Å². The molecule has 1 amide bonds. The molecule has 4 rings (SSSR count). The molecule has 0 radical (unpaired) electrons. The summed E-state index contributed by atoms with van der Waals surface area (Å²) in [6, 6.07) is 7.51. The van der Waals surface area contributed by atoms with E-state index < -0.39 is 11.4 Å². The Labute approximate surface area is 146 Å². The molecule has 25 heavy (non-hydrogen) atoms. The number of para-hydroxylation sites is 1. The van der Waals surface area contributed by atoms with Crippen LogP contribution in [0.5, 0.6) is 5.75 Å². The number of benzene rings is 1. The second-order valence-corrected chi connectivity index (χ2v) is 7.56. The fourth-order valence-corrected chi connectivity index (χ4v) is 4.59.